The van der Waals surface area contributed by atoms with Gasteiger partial charge in [0.05, 0.1) is 42.3 Å². The summed E-state index contributed by atoms with van der Waals surface area (Å²) in [5.74, 6) is 0.00968. The zero-order chi connectivity index (χ0) is 45.5. The molecule has 3 atom stereocenters. The number of hydrogen-bond donors (Lipinski definition) is 5. The maximum atomic E-state index is 12.3. The number of fused-ring (bicyclic) bond motifs is 3. The number of aryl methyl sites for hydroxylation is 2. The standard InChI is InChI=1S/C16H24N4O2.2C14H16N4O.C2H6/c1-9(2)5-12(6-10(3)17)13-7-19-20-14(11(4)21)8-18-16(22)15(13)20;1-9-6-10(4-5-15-9)11-7-17-18-12(11)13(19)16-8-14(18,2)3;1-3-11-7-16-14(19)13-12(8-17-18(11)13)10-4-5-15-9(2)6-10;1-2/h5-7,9,11,14,21H,8,17H2,1-4H3,(H,18,22);4-7H,8H2,1-3H3,(H,16,19);4-6,8,11H,3,7H2,1-2H3,(H,16,19);1-2H3/b10-6-,12-5+;;;. The van der Waals surface area contributed by atoms with E-state index in [1.807, 2.05) is 80.4 Å². The Labute approximate surface area is 364 Å². The minimum Gasteiger partial charge on any atom is -0.402 e. The van der Waals surface area contributed by atoms with E-state index < -0.39 is 6.10 Å². The van der Waals surface area contributed by atoms with Crippen LogP contribution in [-0.4, -0.2) is 87.9 Å². The molecule has 0 aliphatic carbocycles. The molecule has 3 unspecified atom stereocenters. The molecule has 0 spiro atoms. The van der Waals surface area contributed by atoms with Crippen molar-refractivity contribution in [3.05, 3.63) is 107 Å². The second-order valence-electron chi connectivity index (χ2n) is 16.4. The monoisotopic (exact) mass is 847 g/mol. The number of aromatic nitrogens is 8. The minimum atomic E-state index is -0.601. The summed E-state index contributed by atoms with van der Waals surface area (Å²) in [5, 5.41) is 31.7. The third kappa shape index (κ3) is 10.2. The highest BCUT2D eigenvalue weighted by Crippen LogP contribution is 2.32. The molecule has 0 radical (unpaired) electrons. The van der Waals surface area contributed by atoms with Crippen LogP contribution >= 0.6 is 0 Å². The Bertz CT molecular complexity index is 2450. The van der Waals surface area contributed by atoms with Crippen LogP contribution in [0.5, 0.6) is 0 Å². The molecule has 0 aromatic carbocycles. The average molecular weight is 847 g/mol. The Morgan fingerprint density at radius 3 is 1.95 bits per heavy atom. The van der Waals surface area contributed by atoms with Crippen molar-refractivity contribution in [2.24, 2.45) is 11.7 Å². The molecule has 62 heavy (non-hydrogen) atoms. The van der Waals surface area contributed by atoms with E-state index in [0.29, 0.717) is 48.3 Å². The lowest BCUT2D eigenvalue weighted by Crippen LogP contribution is -2.48. The molecule has 0 saturated carbocycles. The number of amides is 3. The Balaban J connectivity index is 0.000000173. The summed E-state index contributed by atoms with van der Waals surface area (Å²) < 4.78 is 5.29. The summed E-state index contributed by atoms with van der Waals surface area (Å²) >= 11 is 0. The average Bonchev–Trinajstić information content (AvgIpc) is 4.00. The normalized spacial score (nSPS) is 18.2. The molecular weight excluding hydrogens is 785 g/mol. The zero-order valence-corrected chi connectivity index (χ0v) is 37.8. The summed E-state index contributed by atoms with van der Waals surface area (Å²) in [5.41, 5.74) is 15.2. The molecule has 3 aliphatic heterocycles. The van der Waals surface area contributed by atoms with Gasteiger partial charge < -0.3 is 26.8 Å². The molecule has 16 heteroatoms. The number of rotatable bonds is 7. The number of nitrogens with zero attached hydrogens (tertiary/aromatic N) is 8. The van der Waals surface area contributed by atoms with E-state index in [0.717, 1.165) is 51.2 Å². The summed E-state index contributed by atoms with van der Waals surface area (Å²) in [6.45, 7) is 23.3. The molecular formula is C46H62N12O4. The minimum absolute atomic E-state index is 0.0494. The largest absolute Gasteiger partial charge is 0.402 e. The fraction of sp³-hybridized carbons (Fsp3) is 0.435. The molecule has 16 nitrogen and oxygen atoms in total. The van der Waals surface area contributed by atoms with Gasteiger partial charge in [-0.05, 0) is 101 Å². The Hall–Kier alpha value is -6.42. The van der Waals surface area contributed by atoms with Gasteiger partial charge in [-0.3, -0.25) is 38.4 Å². The van der Waals surface area contributed by atoms with Crippen molar-refractivity contribution in [3.8, 4) is 22.3 Å². The van der Waals surface area contributed by atoms with E-state index >= 15 is 0 Å². The van der Waals surface area contributed by atoms with Gasteiger partial charge in [0, 0.05) is 65.8 Å². The third-order valence-electron chi connectivity index (χ3n) is 10.5. The fourth-order valence-corrected chi connectivity index (χ4v) is 7.51. The van der Waals surface area contributed by atoms with Crippen molar-refractivity contribution in [1.29, 1.82) is 0 Å². The number of carbonyl (C=O) groups excluding carboxylic acids is 3. The highest BCUT2D eigenvalue weighted by atomic mass is 16.3. The molecule has 0 saturated heterocycles. The Morgan fingerprint density at radius 1 is 0.839 bits per heavy atom. The van der Waals surface area contributed by atoms with E-state index in [-0.39, 0.29) is 35.3 Å². The van der Waals surface area contributed by atoms with Crippen LogP contribution in [0.1, 0.15) is 129 Å². The number of pyridine rings is 2. The third-order valence-corrected chi connectivity index (χ3v) is 10.5. The molecule has 3 aliphatic rings. The van der Waals surface area contributed by atoms with Gasteiger partial charge in [0.25, 0.3) is 17.7 Å². The highest BCUT2D eigenvalue weighted by Gasteiger charge is 2.35. The zero-order valence-electron chi connectivity index (χ0n) is 37.8. The molecule has 3 amide bonds. The summed E-state index contributed by atoms with van der Waals surface area (Å²) in [7, 11) is 0. The van der Waals surface area contributed by atoms with Crippen LogP contribution in [0.25, 0.3) is 27.8 Å². The predicted molar refractivity (Wildman–Crippen MR) is 241 cm³/mol. The quantitative estimate of drug-likeness (QED) is 0.118. The van der Waals surface area contributed by atoms with Gasteiger partial charge in [-0.15, -0.1) is 0 Å². The summed E-state index contributed by atoms with van der Waals surface area (Å²) in [6, 6.07) is 7.73. The molecule has 5 aromatic heterocycles. The molecule has 8 heterocycles. The van der Waals surface area contributed by atoms with Gasteiger partial charge >= 0.3 is 0 Å². The molecule has 6 N–H and O–H groups in total. The van der Waals surface area contributed by atoms with Crippen LogP contribution in [0, 0.1) is 19.8 Å². The van der Waals surface area contributed by atoms with Crippen LogP contribution in [0.3, 0.4) is 0 Å². The van der Waals surface area contributed by atoms with Gasteiger partial charge in [0.2, 0.25) is 0 Å². The lowest BCUT2D eigenvalue weighted by molar-refractivity contribution is 0.0802. The smallest absolute Gasteiger partial charge is 0.270 e. The number of aliphatic hydroxyl groups is 1. The van der Waals surface area contributed by atoms with Crippen molar-refractivity contribution in [2.75, 3.05) is 19.6 Å². The first kappa shape index (κ1) is 46.6. The number of nitrogens with two attached hydrogens (primary N) is 1. The molecule has 8 rings (SSSR count). The van der Waals surface area contributed by atoms with E-state index in [1.54, 1.807) is 42.6 Å². The van der Waals surface area contributed by atoms with E-state index in [1.165, 1.54) is 0 Å². The molecule has 5 aromatic rings. The number of allylic oxidation sites excluding steroid dienone is 4. The summed E-state index contributed by atoms with van der Waals surface area (Å²) in [6.07, 6.45) is 13.0. The Kier molecular flexibility index (Phi) is 15.0. The van der Waals surface area contributed by atoms with E-state index in [4.69, 9.17) is 5.73 Å². The predicted octanol–water partition coefficient (Wildman–Crippen LogP) is 6.16. The highest BCUT2D eigenvalue weighted by molar-refractivity contribution is 6.01. The maximum Gasteiger partial charge on any atom is 0.270 e. The van der Waals surface area contributed by atoms with Crippen molar-refractivity contribution in [2.45, 2.75) is 106 Å². The first-order valence-electron chi connectivity index (χ1n) is 21.3. The topological polar surface area (TPSA) is 213 Å². The van der Waals surface area contributed by atoms with Crippen molar-refractivity contribution in [1.82, 2.24) is 55.3 Å². The molecule has 0 fully saturated rings. The van der Waals surface area contributed by atoms with Crippen molar-refractivity contribution < 1.29 is 19.5 Å². The number of carbonyl (C=O) groups is 3. The second kappa shape index (κ2) is 20.0. The molecule has 0 bridgehead atoms. The van der Waals surface area contributed by atoms with Crippen LogP contribution < -0.4 is 21.7 Å². The number of hydrogen-bond acceptors (Lipinski definition) is 10. The SMILES string of the molecule is C/C(N)=C/C(=C\C(C)C)c1cnn2c1C(=O)NCC2C(C)O.CC.CCC1CNC(=O)c2c(-c3ccnc(C)c3)cnn21.Cc1cc(-c2cnn3c2C(=O)NCC3(C)C)ccn1. The first-order chi connectivity index (χ1) is 29.5. The number of aliphatic hydroxyl groups excluding tert-OH is 1. The van der Waals surface area contributed by atoms with Crippen LogP contribution in [0.4, 0.5) is 0 Å². The van der Waals surface area contributed by atoms with Gasteiger partial charge in [-0.1, -0.05) is 40.7 Å². The van der Waals surface area contributed by atoms with Crippen molar-refractivity contribution >= 4 is 23.3 Å². The first-order valence-corrected chi connectivity index (χ1v) is 21.3. The van der Waals surface area contributed by atoms with Gasteiger partial charge in [0.1, 0.15) is 17.1 Å². The van der Waals surface area contributed by atoms with E-state index in [2.05, 4.69) is 75.8 Å². The van der Waals surface area contributed by atoms with Crippen LogP contribution in [0.2, 0.25) is 0 Å². The second-order valence-corrected chi connectivity index (χ2v) is 16.4. The van der Waals surface area contributed by atoms with Gasteiger partial charge in [-0.25, -0.2) is 0 Å². The van der Waals surface area contributed by atoms with Gasteiger partial charge in [0.15, 0.2) is 0 Å². The Morgan fingerprint density at radius 2 is 1.39 bits per heavy atom. The van der Waals surface area contributed by atoms with Crippen molar-refractivity contribution in [3.63, 3.8) is 0 Å². The summed E-state index contributed by atoms with van der Waals surface area (Å²) in [4.78, 5) is 44.9. The van der Waals surface area contributed by atoms with E-state index in [9.17, 15) is 19.5 Å². The lowest BCUT2D eigenvalue weighted by Gasteiger charge is -2.32. The van der Waals surface area contributed by atoms with Crippen LogP contribution in [-0.2, 0) is 5.54 Å². The van der Waals surface area contributed by atoms with Crippen LogP contribution in [0.15, 0.2) is 73.1 Å². The van der Waals surface area contributed by atoms with Gasteiger partial charge in [-0.2, -0.15) is 15.3 Å². The molecule has 330 valence electrons. The fourth-order valence-electron chi connectivity index (χ4n) is 7.51. The maximum absolute atomic E-state index is 12.3. The lowest BCUT2D eigenvalue weighted by atomic mass is 9.99. The number of nitrogens with one attached hydrogen (secondary N) is 3.